The Morgan fingerprint density at radius 2 is 2.18 bits per heavy atom. The zero-order chi connectivity index (χ0) is 15.5. The highest BCUT2D eigenvalue weighted by atomic mass is 16.5. The van der Waals surface area contributed by atoms with E-state index < -0.39 is 0 Å². The predicted octanol–water partition coefficient (Wildman–Crippen LogP) is 2.29. The number of ether oxygens (including phenoxy) is 1. The third-order valence-corrected chi connectivity index (χ3v) is 4.13. The highest BCUT2D eigenvalue weighted by molar-refractivity contribution is 5.92. The van der Waals surface area contributed by atoms with E-state index in [4.69, 9.17) is 4.74 Å². The zero-order valence-corrected chi connectivity index (χ0v) is 12.8. The van der Waals surface area contributed by atoms with Crippen molar-refractivity contribution in [3.8, 4) is 6.01 Å². The molecule has 0 fully saturated rings. The van der Waals surface area contributed by atoms with Gasteiger partial charge < -0.3 is 9.64 Å². The number of carbonyl (C=O) groups excluding carboxylic acids is 1. The Kier molecular flexibility index (Phi) is 4.04. The van der Waals surface area contributed by atoms with Crippen molar-refractivity contribution in [1.29, 1.82) is 0 Å². The molecule has 1 aromatic heterocycles. The Labute approximate surface area is 130 Å². The van der Waals surface area contributed by atoms with Crippen LogP contribution in [-0.2, 0) is 6.42 Å². The van der Waals surface area contributed by atoms with E-state index in [1.807, 2.05) is 7.05 Å². The van der Waals surface area contributed by atoms with E-state index in [-0.39, 0.29) is 11.9 Å². The van der Waals surface area contributed by atoms with E-state index in [9.17, 15) is 4.79 Å². The normalized spacial score (nSPS) is 16.2. The topological polar surface area (TPSA) is 55.3 Å². The third kappa shape index (κ3) is 2.79. The highest BCUT2D eigenvalue weighted by Crippen LogP contribution is 2.33. The van der Waals surface area contributed by atoms with Crippen LogP contribution >= 0.6 is 0 Å². The maximum absolute atomic E-state index is 12.5. The van der Waals surface area contributed by atoms with Gasteiger partial charge in [0.2, 0.25) is 0 Å². The average Bonchev–Trinajstić information content (AvgIpc) is 2.97. The van der Waals surface area contributed by atoms with Crippen LogP contribution in [0.3, 0.4) is 0 Å². The van der Waals surface area contributed by atoms with Crippen molar-refractivity contribution >= 4 is 5.91 Å². The molecule has 1 heterocycles. The van der Waals surface area contributed by atoms with E-state index in [0.29, 0.717) is 18.2 Å². The number of amides is 1. The van der Waals surface area contributed by atoms with Crippen LogP contribution in [0.2, 0.25) is 0 Å². The Bertz CT molecular complexity index is 687. The summed E-state index contributed by atoms with van der Waals surface area (Å²) in [6.45, 7) is 0.697. The Morgan fingerprint density at radius 1 is 1.36 bits per heavy atom. The lowest BCUT2D eigenvalue weighted by Gasteiger charge is -2.21. The van der Waals surface area contributed by atoms with Crippen LogP contribution < -0.4 is 4.74 Å². The molecule has 5 nitrogen and oxygen atoms in total. The molecule has 1 atom stereocenters. The first-order valence-corrected chi connectivity index (χ1v) is 7.39. The lowest BCUT2D eigenvalue weighted by molar-refractivity contribution is 0.0779. The molecule has 0 radical (unpaired) electrons. The van der Waals surface area contributed by atoms with Crippen molar-refractivity contribution in [2.45, 2.75) is 18.8 Å². The molecule has 2 aromatic rings. The second-order valence-corrected chi connectivity index (χ2v) is 5.55. The summed E-state index contributed by atoms with van der Waals surface area (Å²) in [5.74, 6) is 0.291. The minimum Gasteiger partial charge on any atom is -0.467 e. The largest absolute Gasteiger partial charge is 0.467 e. The Hall–Kier alpha value is -2.43. The van der Waals surface area contributed by atoms with Gasteiger partial charge in [-0.05, 0) is 30.0 Å². The Balaban J connectivity index is 1.72. The van der Waals surface area contributed by atoms with Crippen LogP contribution in [0.25, 0.3) is 0 Å². The van der Waals surface area contributed by atoms with Crippen LogP contribution in [0, 0.1) is 0 Å². The smallest absolute Gasteiger partial charge is 0.316 e. The van der Waals surface area contributed by atoms with E-state index in [2.05, 4.69) is 34.2 Å². The molecular weight excluding hydrogens is 278 g/mol. The lowest BCUT2D eigenvalue weighted by atomic mass is 10.0. The van der Waals surface area contributed by atoms with E-state index in [1.165, 1.54) is 24.4 Å². The summed E-state index contributed by atoms with van der Waals surface area (Å²) in [7, 11) is 3.31. The third-order valence-electron chi connectivity index (χ3n) is 4.13. The molecule has 5 heteroatoms. The van der Waals surface area contributed by atoms with Gasteiger partial charge in [0.15, 0.2) is 0 Å². The van der Waals surface area contributed by atoms with Gasteiger partial charge in [0.05, 0.1) is 7.11 Å². The first kappa shape index (κ1) is 14.5. The van der Waals surface area contributed by atoms with E-state index in [1.54, 1.807) is 11.0 Å². The van der Waals surface area contributed by atoms with Gasteiger partial charge in [-0.2, -0.15) is 4.98 Å². The fourth-order valence-corrected chi connectivity index (χ4v) is 3.00. The van der Waals surface area contributed by atoms with Gasteiger partial charge in [-0.1, -0.05) is 24.3 Å². The minimum atomic E-state index is -0.106. The van der Waals surface area contributed by atoms with Gasteiger partial charge in [-0.25, -0.2) is 4.98 Å². The number of aryl methyl sites for hydroxylation is 1. The molecule has 114 valence electrons. The number of likely N-dealkylation sites (N-methyl/N-ethyl adjacent to an activating group) is 1. The predicted molar refractivity (Wildman–Crippen MR) is 83.0 cm³/mol. The van der Waals surface area contributed by atoms with Crippen molar-refractivity contribution in [3.63, 3.8) is 0 Å². The average molecular weight is 297 g/mol. The Morgan fingerprint density at radius 3 is 3.00 bits per heavy atom. The molecule has 0 N–H and O–H groups in total. The molecule has 0 saturated heterocycles. The number of fused-ring (bicyclic) bond motifs is 1. The van der Waals surface area contributed by atoms with Crippen molar-refractivity contribution in [2.75, 3.05) is 20.7 Å². The van der Waals surface area contributed by atoms with E-state index >= 15 is 0 Å². The van der Waals surface area contributed by atoms with E-state index in [0.717, 1.165) is 12.8 Å². The number of benzene rings is 1. The number of methoxy groups -OCH3 is 1. The molecule has 1 aliphatic rings. The lowest BCUT2D eigenvalue weighted by Crippen LogP contribution is -2.31. The SMILES string of the molecule is COc1nccc(C(=O)N(C)CC2CCc3ccccc32)n1. The molecule has 1 amide bonds. The number of nitrogens with zero attached hydrogens (tertiary/aromatic N) is 3. The summed E-state index contributed by atoms with van der Waals surface area (Å²) in [5.41, 5.74) is 3.13. The summed E-state index contributed by atoms with van der Waals surface area (Å²) in [4.78, 5) is 22.3. The molecule has 0 aliphatic heterocycles. The standard InChI is InChI=1S/C17H19N3O2/c1-20(16(21)15-9-10-18-17(19-15)22-2)11-13-8-7-12-5-3-4-6-14(12)13/h3-6,9-10,13H,7-8,11H2,1-2H3. The zero-order valence-electron chi connectivity index (χ0n) is 12.8. The minimum absolute atomic E-state index is 0.106. The maximum Gasteiger partial charge on any atom is 0.316 e. The number of rotatable bonds is 4. The molecule has 22 heavy (non-hydrogen) atoms. The van der Waals surface area contributed by atoms with Crippen molar-refractivity contribution in [2.24, 2.45) is 0 Å². The fourth-order valence-electron chi connectivity index (χ4n) is 3.00. The summed E-state index contributed by atoms with van der Waals surface area (Å²) < 4.78 is 4.97. The van der Waals surface area contributed by atoms with Crippen LogP contribution in [-0.4, -0.2) is 41.5 Å². The van der Waals surface area contributed by atoms with Crippen molar-refractivity contribution in [3.05, 3.63) is 53.3 Å². The second kappa shape index (κ2) is 6.13. The first-order valence-electron chi connectivity index (χ1n) is 7.39. The summed E-state index contributed by atoms with van der Waals surface area (Å²) in [5, 5.41) is 0. The first-order chi connectivity index (χ1) is 10.7. The summed E-state index contributed by atoms with van der Waals surface area (Å²) >= 11 is 0. The summed E-state index contributed by atoms with van der Waals surface area (Å²) in [6.07, 6.45) is 3.71. The molecule has 1 unspecified atom stereocenters. The van der Waals surface area contributed by atoms with Crippen LogP contribution in [0.5, 0.6) is 6.01 Å². The van der Waals surface area contributed by atoms with Crippen LogP contribution in [0.4, 0.5) is 0 Å². The van der Waals surface area contributed by atoms with Gasteiger partial charge in [0, 0.05) is 25.7 Å². The van der Waals surface area contributed by atoms with Gasteiger partial charge in [-0.3, -0.25) is 4.79 Å². The number of hydrogen-bond donors (Lipinski definition) is 0. The summed E-state index contributed by atoms with van der Waals surface area (Å²) in [6, 6.07) is 10.3. The molecule has 0 spiro atoms. The molecule has 3 rings (SSSR count). The monoisotopic (exact) mass is 297 g/mol. The van der Waals surface area contributed by atoms with Gasteiger partial charge in [-0.15, -0.1) is 0 Å². The van der Waals surface area contributed by atoms with Gasteiger partial charge in [0.25, 0.3) is 5.91 Å². The molecular formula is C17H19N3O2. The number of carbonyl (C=O) groups is 1. The highest BCUT2D eigenvalue weighted by Gasteiger charge is 2.25. The van der Waals surface area contributed by atoms with Crippen LogP contribution in [0.15, 0.2) is 36.5 Å². The molecule has 0 saturated carbocycles. The molecule has 1 aromatic carbocycles. The van der Waals surface area contributed by atoms with Gasteiger partial charge >= 0.3 is 6.01 Å². The maximum atomic E-state index is 12.5. The molecule has 1 aliphatic carbocycles. The molecule has 0 bridgehead atoms. The van der Waals surface area contributed by atoms with Gasteiger partial charge in [0.1, 0.15) is 5.69 Å². The number of hydrogen-bond acceptors (Lipinski definition) is 4. The quantitative estimate of drug-likeness (QED) is 0.869. The van der Waals surface area contributed by atoms with Crippen molar-refractivity contribution in [1.82, 2.24) is 14.9 Å². The van der Waals surface area contributed by atoms with Crippen molar-refractivity contribution < 1.29 is 9.53 Å². The fraction of sp³-hybridized carbons (Fsp3) is 0.353. The second-order valence-electron chi connectivity index (χ2n) is 5.55. The van der Waals surface area contributed by atoms with Crippen LogP contribution in [0.1, 0.15) is 34.0 Å². The number of aromatic nitrogens is 2.